The molecule has 1 atom stereocenters. The molecule has 2 aliphatic carbocycles. The molecule has 0 aromatic heterocycles. The normalized spacial score (nSPS) is 15.2. The zero-order valence-corrected chi connectivity index (χ0v) is 27.9. The molecule has 0 saturated carbocycles. The number of halogens is 2. The second kappa shape index (κ2) is 10.6. The van der Waals surface area contributed by atoms with E-state index in [9.17, 15) is 0 Å². The van der Waals surface area contributed by atoms with Gasteiger partial charge in [0.05, 0.1) is 0 Å². The van der Waals surface area contributed by atoms with Gasteiger partial charge in [0.2, 0.25) is 0 Å². The third kappa shape index (κ3) is 4.26. The molecule has 7 rings (SSSR count). The van der Waals surface area contributed by atoms with Gasteiger partial charge in [-0.15, -0.1) is 0 Å². The van der Waals surface area contributed by atoms with Crippen LogP contribution in [0.25, 0.3) is 38.6 Å². The Balaban J connectivity index is 1.35. The Kier molecular flexibility index (Phi) is 7.01. The molecule has 42 heavy (non-hydrogen) atoms. The van der Waals surface area contributed by atoms with Crippen molar-refractivity contribution in [3.05, 3.63) is 113 Å². The number of hydrogen-bond donors (Lipinski definition) is 0. The van der Waals surface area contributed by atoms with Crippen LogP contribution >= 0.6 is 17.0 Å². The minimum absolute atomic E-state index is 0.0420. The first-order valence-electron chi connectivity index (χ1n) is 14.0. The maximum absolute atomic E-state index is 7.72. The van der Waals surface area contributed by atoms with Crippen LogP contribution in [-0.4, -0.2) is 21.3 Å². The summed E-state index contributed by atoms with van der Waals surface area (Å²) in [6, 6.07) is 30.0. The quantitative estimate of drug-likeness (QED) is 0.177. The van der Waals surface area contributed by atoms with Crippen LogP contribution in [0.3, 0.4) is 0 Å². The molecule has 0 saturated heterocycles. The van der Waals surface area contributed by atoms with Gasteiger partial charge in [-0.25, -0.2) is 0 Å². The summed E-state index contributed by atoms with van der Waals surface area (Å²) >= 11 is -4.16. The van der Waals surface area contributed by atoms with Gasteiger partial charge in [0.25, 0.3) is 0 Å². The second-order valence-corrected chi connectivity index (χ2v) is 25.1. The molecule has 2 aliphatic rings. The average molecular weight is 673 g/mol. The summed E-state index contributed by atoms with van der Waals surface area (Å²) in [5, 5.41) is 2.48. The van der Waals surface area contributed by atoms with Gasteiger partial charge in [0.1, 0.15) is 0 Å². The molecule has 0 bridgehead atoms. The van der Waals surface area contributed by atoms with Gasteiger partial charge in [-0.3, -0.25) is 0 Å². The fourth-order valence-corrected chi connectivity index (χ4v) is 16.8. The van der Waals surface area contributed by atoms with Crippen molar-refractivity contribution in [2.75, 3.05) is 21.3 Å². The summed E-state index contributed by atoms with van der Waals surface area (Å²) < 4.78 is 18.3. The number of fused-ring (bicyclic) bond motifs is 5. The third-order valence-electron chi connectivity index (χ3n) is 8.81. The summed E-state index contributed by atoms with van der Waals surface area (Å²) in [6.07, 6.45) is 3.01. The molecule has 1 unspecified atom stereocenters. The van der Waals surface area contributed by atoms with Crippen molar-refractivity contribution in [1.29, 1.82) is 0 Å². The Hall–Kier alpha value is -3.04. The first-order valence-corrected chi connectivity index (χ1v) is 23.0. The molecule has 0 spiro atoms. The van der Waals surface area contributed by atoms with E-state index in [0.717, 1.165) is 32.1 Å². The number of ether oxygens (including phenoxy) is 3. The van der Waals surface area contributed by atoms with Crippen molar-refractivity contribution in [1.82, 2.24) is 0 Å². The van der Waals surface area contributed by atoms with Crippen LogP contribution in [0, 0.1) is 0 Å². The second-order valence-electron chi connectivity index (χ2n) is 11.0. The van der Waals surface area contributed by atoms with Crippen LogP contribution in [0.1, 0.15) is 32.8 Å². The van der Waals surface area contributed by atoms with E-state index in [2.05, 4.69) is 85.8 Å². The Labute approximate surface area is 258 Å². The van der Waals surface area contributed by atoms with E-state index in [0.29, 0.717) is 11.5 Å². The molecular formula is C36H30Cl2O3Zr. The van der Waals surface area contributed by atoms with Crippen LogP contribution in [0.15, 0.2) is 91.0 Å². The molecule has 0 heterocycles. The van der Waals surface area contributed by atoms with E-state index in [-0.39, 0.29) is 3.63 Å². The predicted octanol–water partition coefficient (Wildman–Crippen LogP) is 9.35. The molecule has 0 aliphatic heterocycles. The Morgan fingerprint density at radius 1 is 0.762 bits per heavy atom. The van der Waals surface area contributed by atoms with Gasteiger partial charge in [0, 0.05) is 0 Å². The summed E-state index contributed by atoms with van der Waals surface area (Å²) in [5.41, 5.74) is 10.5. The van der Waals surface area contributed by atoms with E-state index in [1.807, 2.05) is 12.1 Å². The average Bonchev–Trinajstić information content (AvgIpc) is 3.57. The number of allylic oxidation sites excluding steroid dienone is 2. The summed E-state index contributed by atoms with van der Waals surface area (Å²) in [5.74, 6) is 2.20. The third-order valence-corrected chi connectivity index (χ3v) is 20.0. The molecular weight excluding hydrogens is 643 g/mol. The van der Waals surface area contributed by atoms with Gasteiger partial charge < -0.3 is 0 Å². The Morgan fingerprint density at radius 2 is 1.57 bits per heavy atom. The molecule has 0 N–H and O–H groups in total. The van der Waals surface area contributed by atoms with E-state index >= 15 is 0 Å². The van der Waals surface area contributed by atoms with Crippen molar-refractivity contribution in [3.8, 4) is 39.5 Å². The monoisotopic (exact) mass is 670 g/mol. The first kappa shape index (κ1) is 27.8. The number of benzene rings is 5. The zero-order valence-electron chi connectivity index (χ0n) is 23.9. The van der Waals surface area contributed by atoms with Crippen molar-refractivity contribution >= 4 is 36.6 Å². The zero-order chi connectivity index (χ0) is 29.2. The molecule has 5 aromatic carbocycles. The van der Waals surface area contributed by atoms with Crippen LogP contribution < -0.4 is 17.5 Å². The molecule has 0 fully saturated rings. The van der Waals surface area contributed by atoms with Crippen LogP contribution in [0.4, 0.5) is 0 Å². The summed E-state index contributed by atoms with van der Waals surface area (Å²) in [6.45, 7) is 2.17. The number of hydrogen-bond acceptors (Lipinski definition) is 3. The van der Waals surface area contributed by atoms with Crippen molar-refractivity contribution in [3.63, 3.8) is 0 Å². The standard InChI is InChI=1S/C20H15.C16H15O3.2ClH.Zr/c1-14-9-10-16-11-12-17(13-20(14)16)19-8-4-6-15-5-2-3-7-18(15)19;1-17-12-5-6-13-11(9-12)8-10-4-7-14(18-2)16(19-3)15(10)13;;;/h2-13H,1H3;5-7,9H,8H2,1-3H3;2*1H;/q;;;;+2/p-2. The SMILES string of the molecule is COc1ccc2c(c1)Cc1[c]([Zr]([Cl])([Cl])[CH]3C=C(C)c4cc(-c5cccc6ccccc56)ccc43)cc(OC)c(OC)c1-2. The van der Waals surface area contributed by atoms with Gasteiger partial charge in [0.15, 0.2) is 0 Å². The van der Waals surface area contributed by atoms with E-state index < -0.39 is 17.9 Å². The van der Waals surface area contributed by atoms with E-state index in [1.165, 1.54) is 44.2 Å². The van der Waals surface area contributed by atoms with Crippen LogP contribution in [0.2, 0.25) is 0 Å². The molecule has 6 heteroatoms. The Bertz CT molecular complexity index is 1920. The predicted molar refractivity (Wildman–Crippen MR) is 171 cm³/mol. The Morgan fingerprint density at radius 3 is 2.36 bits per heavy atom. The fraction of sp³-hybridized carbons (Fsp3) is 0.167. The van der Waals surface area contributed by atoms with Gasteiger partial charge >= 0.3 is 260 Å². The molecule has 0 amide bonds. The van der Waals surface area contributed by atoms with Crippen molar-refractivity contribution < 1.29 is 32.1 Å². The molecule has 5 aromatic rings. The summed E-state index contributed by atoms with van der Waals surface area (Å²) in [4.78, 5) is 0. The molecule has 210 valence electrons. The van der Waals surface area contributed by atoms with Gasteiger partial charge in [-0.1, -0.05) is 0 Å². The number of methoxy groups -OCH3 is 3. The van der Waals surface area contributed by atoms with Crippen molar-refractivity contribution in [2.24, 2.45) is 0 Å². The first-order chi connectivity index (χ1) is 20.3. The van der Waals surface area contributed by atoms with Crippen molar-refractivity contribution in [2.45, 2.75) is 17.0 Å². The topological polar surface area (TPSA) is 27.7 Å². The van der Waals surface area contributed by atoms with Crippen LogP contribution in [0.5, 0.6) is 17.2 Å². The molecule has 3 nitrogen and oxygen atoms in total. The molecule has 0 radical (unpaired) electrons. The van der Waals surface area contributed by atoms with E-state index in [4.69, 9.17) is 31.2 Å². The fourth-order valence-electron chi connectivity index (χ4n) is 6.79. The number of rotatable bonds is 6. The van der Waals surface area contributed by atoms with Gasteiger partial charge in [-0.05, 0) is 0 Å². The van der Waals surface area contributed by atoms with E-state index in [1.54, 1.807) is 21.3 Å². The van der Waals surface area contributed by atoms with Crippen LogP contribution in [-0.2, 0) is 24.3 Å². The summed E-state index contributed by atoms with van der Waals surface area (Å²) in [7, 11) is 20.5. The maximum atomic E-state index is 7.72. The van der Waals surface area contributed by atoms with Gasteiger partial charge in [-0.2, -0.15) is 0 Å². The minimum atomic E-state index is -4.16.